The average Bonchev–Trinajstić information content (AvgIpc) is 3.80. The number of carboxylic acids is 1. The molecule has 250 valence electrons. The highest BCUT2D eigenvalue weighted by atomic mass is 19.4. The second-order valence-electron chi connectivity index (χ2n) is 13.5. The van der Waals surface area contributed by atoms with E-state index < -0.39 is 12.1 Å². The van der Waals surface area contributed by atoms with Crippen molar-refractivity contribution in [2.45, 2.75) is 64.2 Å². The molecular weight excluding hydrogens is 597 g/mol. The molecular formula is C35H45F3N4O4. The third-order valence-corrected chi connectivity index (χ3v) is 10.2. The van der Waals surface area contributed by atoms with Crippen molar-refractivity contribution >= 4 is 17.8 Å². The maximum absolute atomic E-state index is 13.3. The van der Waals surface area contributed by atoms with E-state index in [2.05, 4.69) is 44.3 Å². The van der Waals surface area contributed by atoms with E-state index in [0.29, 0.717) is 24.3 Å². The lowest BCUT2D eigenvalue weighted by Crippen LogP contribution is -2.38. The molecule has 2 aromatic rings. The van der Waals surface area contributed by atoms with E-state index in [9.17, 15) is 22.8 Å². The van der Waals surface area contributed by atoms with E-state index in [0.717, 1.165) is 68.3 Å². The molecule has 2 aromatic carbocycles. The summed E-state index contributed by atoms with van der Waals surface area (Å²) in [5, 5.41) is 10.5. The second-order valence-corrected chi connectivity index (χ2v) is 13.5. The Morgan fingerprint density at radius 1 is 0.891 bits per heavy atom. The van der Waals surface area contributed by atoms with Crippen molar-refractivity contribution in [3.8, 4) is 0 Å². The number of fused-ring (bicyclic) bond motifs is 3. The molecule has 2 amide bonds. The fourth-order valence-electron chi connectivity index (χ4n) is 7.88. The predicted octanol–water partition coefficient (Wildman–Crippen LogP) is 5.06. The number of likely N-dealkylation sites (tertiary alicyclic amines) is 3. The van der Waals surface area contributed by atoms with E-state index >= 15 is 0 Å². The number of hydrogen-bond acceptors (Lipinski definition) is 5. The quantitative estimate of drug-likeness (QED) is 0.397. The van der Waals surface area contributed by atoms with Gasteiger partial charge in [0.1, 0.15) is 0 Å². The van der Waals surface area contributed by atoms with Gasteiger partial charge in [-0.25, -0.2) is 4.79 Å². The highest BCUT2D eigenvalue weighted by molar-refractivity contribution is 5.97. The third kappa shape index (κ3) is 8.28. The number of piperidine rings is 1. The number of nitrogens with zero attached hydrogens (tertiary/aromatic N) is 3. The van der Waals surface area contributed by atoms with Crippen LogP contribution in [0.5, 0.6) is 0 Å². The van der Waals surface area contributed by atoms with E-state index in [4.69, 9.17) is 9.90 Å². The van der Waals surface area contributed by atoms with Crippen LogP contribution in [0.4, 0.5) is 13.2 Å². The molecule has 3 aliphatic heterocycles. The Labute approximate surface area is 268 Å². The molecule has 4 unspecified atom stereocenters. The zero-order chi connectivity index (χ0) is 33.0. The second kappa shape index (κ2) is 14.5. The zero-order valence-electron chi connectivity index (χ0n) is 26.6. The summed E-state index contributed by atoms with van der Waals surface area (Å²) in [5.74, 6) is -0.442. The largest absolute Gasteiger partial charge is 0.490 e. The molecule has 3 saturated heterocycles. The molecule has 3 heterocycles. The Bertz CT molecular complexity index is 1350. The number of halogens is 3. The number of alkyl halides is 3. The molecule has 0 spiro atoms. The van der Waals surface area contributed by atoms with Crippen molar-refractivity contribution in [1.29, 1.82) is 0 Å². The van der Waals surface area contributed by atoms with Crippen molar-refractivity contribution in [2.24, 2.45) is 17.8 Å². The molecule has 2 bridgehead atoms. The van der Waals surface area contributed by atoms with Crippen LogP contribution in [-0.4, -0.2) is 95.6 Å². The summed E-state index contributed by atoms with van der Waals surface area (Å²) in [4.78, 5) is 42.4. The number of aryl methyl sites for hydroxylation is 2. The zero-order valence-corrected chi connectivity index (χ0v) is 26.6. The van der Waals surface area contributed by atoms with Gasteiger partial charge in [0, 0.05) is 63.8 Å². The van der Waals surface area contributed by atoms with Crippen LogP contribution in [0.2, 0.25) is 0 Å². The van der Waals surface area contributed by atoms with Gasteiger partial charge in [-0.15, -0.1) is 0 Å². The monoisotopic (exact) mass is 642 g/mol. The molecule has 1 saturated carbocycles. The van der Waals surface area contributed by atoms with Crippen LogP contribution in [0.25, 0.3) is 0 Å². The maximum Gasteiger partial charge on any atom is 0.490 e. The lowest BCUT2D eigenvalue weighted by molar-refractivity contribution is -0.192. The van der Waals surface area contributed by atoms with Gasteiger partial charge in [-0.1, -0.05) is 48.5 Å². The van der Waals surface area contributed by atoms with Gasteiger partial charge in [-0.05, 0) is 74.0 Å². The van der Waals surface area contributed by atoms with Crippen LogP contribution in [-0.2, 0) is 9.59 Å². The summed E-state index contributed by atoms with van der Waals surface area (Å²) >= 11 is 0. The molecule has 46 heavy (non-hydrogen) atoms. The maximum atomic E-state index is 13.3. The minimum Gasteiger partial charge on any atom is -0.475 e. The van der Waals surface area contributed by atoms with Gasteiger partial charge in [0.25, 0.3) is 5.91 Å². The normalized spacial score (nSPS) is 24.8. The van der Waals surface area contributed by atoms with Gasteiger partial charge in [0.05, 0.1) is 6.04 Å². The molecule has 0 aromatic heterocycles. The number of rotatable bonds is 9. The van der Waals surface area contributed by atoms with Gasteiger partial charge in [0.15, 0.2) is 0 Å². The van der Waals surface area contributed by atoms with Crippen LogP contribution in [0, 0.1) is 31.6 Å². The topological polar surface area (TPSA) is 93.2 Å². The molecule has 0 radical (unpaired) electrons. The van der Waals surface area contributed by atoms with Gasteiger partial charge < -0.3 is 20.2 Å². The summed E-state index contributed by atoms with van der Waals surface area (Å²) < 4.78 is 31.7. The summed E-state index contributed by atoms with van der Waals surface area (Å²) in [6.07, 6.45) is 0.444. The Hall–Kier alpha value is -3.44. The van der Waals surface area contributed by atoms with Crippen LogP contribution < -0.4 is 5.32 Å². The van der Waals surface area contributed by atoms with Gasteiger partial charge in [-0.2, -0.15) is 13.2 Å². The summed E-state index contributed by atoms with van der Waals surface area (Å²) in [7, 11) is 0. The molecule has 4 aliphatic rings. The molecule has 8 nitrogen and oxygen atoms in total. The molecule has 11 heteroatoms. The number of aliphatic carboxylic acids is 1. The van der Waals surface area contributed by atoms with E-state index in [-0.39, 0.29) is 17.9 Å². The first-order valence-electron chi connectivity index (χ1n) is 16.3. The van der Waals surface area contributed by atoms with Crippen LogP contribution >= 0.6 is 0 Å². The number of amides is 2. The predicted molar refractivity (Wildman–Crippen MR) is 168 cm³/mol. The molecule has 6 rings (SSSR count). The van der Waals surface area contributed by atoms with E-state index in [1.165, 1.54) is 31.4 Å². The Kier molecular flexibility index (Phi) is 10.7. The average molecular weight is 643 g/mol. The van der Waals surface area contributed by atoms with Gasteiger partial charge >= 0.3 is 12.1 Å². The smallest absolute Gasteiger partial charge is 0.475 e. The molecule has 5 atom stereocenters. The van der Waals surface area contributed by atoms with Crippen LogP contribution in [0.1, 0.15) is 65.2 Å². The van der Waals surface area contributed by atoms with Crippen molar-refractivity contribution in [3.63, 3.8) is 0 Å². The number of benzene rings is 2. The first-order valence-corrected chi connectivity index (χ1v) is 16.3. The minimum absolute atomic E-state index is 0.0382. The number of carbonyl (C=O) groups excluding carboxylic acids is 2. The lowest BCUT2D eigenvalue weighted by atomic mass is 10.0. The van der Waals surface area contributed by atoms with E-state index in [1.54, 1.807) is 0 Å². The number of carbonyl (C=O) groups is 3. The Morgan fingerprint density at radius 2 is 1.52 bits per heavy atom. The third-order valence-electron chi connectivity index (χ3n) is 10.2. The fraction of sp³-hybridized carbons (Fsp3) is 0.571. The molecule has 2 N–H and O–H groups in total. The standard InChI is InChI=1S/C33H44N4O2.C2HF3O2/c1-23-7-6-8-24(2)32(23)33(39)37-21-27-19-35(20-28(27)22-37)15-13-30(26-9-4-3-5-10-26)34-31(38)14-16-36-18-25-11-12-29(36)17-25;3-2(4,5)1(6)7/h3-10,25,27-30H,11-22H2,1-2H3,(H,34,38);(H,6,7)/t25?,27-,28?,29?,30?;/m0./s1. The summed E-state index contributed by atoms with van der Waals surface area (Å²) in [6.45, 7) is 10.9. The first-order chi connectivity index (χ1) is 21.9. The van der Waals surface area contributed by atoms with Crippen LogP contribution in [0.15, 0.2) is 48.5 Å². The number of carboxylic acid groups (broad SMARTS) is 1. The first kappa shape index (κ1) is 33.9. The number of nitrogens with one attached hydrogen (secondary N) is 1. The fourth-order valence-corrected chi connectivity index (χ4v) is 7.88. The van der Waals surface area contributed by atoms with Crippen LogP contribution in [0.3, 0.4) is 0 Å². The molecule has 4 fully saturated rings. The van der Waals surface area contributed by atoms with Gasteiger partial charge in [0.2, 0.25) is 5.91 Å². The Balaban J connectivity index is 0.000000537. The SMILES string of the molecule is Cc1cccc(C)c1C(=O)N1CC2CN(CCC(NC(=O)CCN3CC4CCC3C4)c3ccccc3)C[C@H]2C1.O=C(O)C(F)(F)F. The van der Waals surface area contributed by atoms with Crippen molar-refractivity contribution in [3.05, 3.63) is 70.8 Å². The summed E-state index contributed by atoms with van der Waals surface area (Å²) in [6, 6.07) is 17.3. The van der Waals surface area contributed by atoms with Gasteiger partial charge in [-0.3, -0.25) is 14.5 Å². The van der Waals surface area contributed by atoms with Crippen molar-refractivity contribution < 1.29 is 32.7 Å². The lowest BCUT2D eigenvalue weighted by Gasteiger charge is -2.27. The van der Waals surface area contributed by atoms with Crippen molar-refractivity contribution in [2.75, 3.05) is 45.8 Å². The Morgan fingerprint density at radius 3 is 2.07 bits per heavy atom. The highest BCUT2D eigenvalue weighted by Crippen LogP contribution is 2.37. The molecule has 1 aliphatic carbocycles. The minimum atomic E-state index is -5.08. The van der Waals surface area contributed by atoms with Crippen molar-refractivity contribution in [1.82, 2.24) is 20.0 Å². The summed E-state index contributed by atoms with van der Waals surface area (Å²) in [5.41, 5.74) is 4.21. The highest BCUT2D eigenvalue weighted by Gasteiger charge is 2.42. The van der Waals surface area contributed by atoms with E-state index in [1.807, 2.05) is 38.1 Å². The number of hydrogen-bond donors (Lipinski definition) is 2.